The molecule has 0 bridgehead atoms. The fourth-order valence-electron chi connectivity index (χ4n) is 10.6. The van der Waals surface area contributed by atoms with Crippen LogP contribution in [0.2, 0.25) is 0 Å². The van der Waals surface area contributed by atoms with Crippen molar-refractivity contribution in [2.75, 3.05) is 34.5 Å². The van der Waals surface area contributed by atoms with E-state index in [0.29, 0.717) is 41.1 Å². The van der Waals surface area contributed by atoms with Gasteiger partial charge in [-0.1, -0.05) is 19.9 Å². The van der Waals surface area contributed by atoms with E-state index in [1.54, 1.807) is 7.11 Å². The molecule has 1 aromatic carbocycles. The molecule has 7 rings (SSSR count). The summed E-state index contributed by atoms with van der Waals surface area (Å²) in [6.07, 6.45) is 12.7. The van der Waals surface area contributed by atoms with Crippen LogP contribution < -0.4 is 14.2 Å². The highest BCUT2D eigenvalue weighted by atomic mass is 16.7. The zero-order valence-electron chi connectivity index (χ0n) is 25.1. The van der Waals surface area contributed by atoms with Crippen molar-refractivity contribution in [1.82, 2.24) is 0 Å². The van der Waals surface area contributed by atoms with Crippen LogP contribution in [-0.4, -0.2) is 56.0 Å². The third-order valence-electron chi connectivity index (χ3n) is 13.0. The minimum atomic E-state index is -0.104. The molecule has 0 aromatic heterocycles. The molecule has 40 heavy (non-hydrogen) atoms. The highest BCUT2D eigenvalue weighted by molar-refractivity contribution is 5.97. The number of fused-ring (bicyclic) bond motifs is 7. The van der Waals surface area contributed by atoms with Crippen LogP contribution in [0.3, 0.4) is 0 Å². The molecule has 3 fully saturated rings. The Morgan fingerprint density at radius 1 is 1.12 bits per heavy atom. The number of Topliss-reactive ketones (excluding diaryl/α,β-unsaturated/α-hetero) is 1. The number of ether oxygens (including phenoxy) is 3. The van der Waals surface area contributed by atoms with E-state index < -0.39 is 0 Å². The van der Waals surface area contributed by atoms with Gasteiger partial charge in [-0.15, -0.1) is 0 Å². The normalized spacial score (nSPS) is 40.8. The number of quaternary nitrogens is 1. The largest absolute Gasteiger partial charge is 0.492 e. The first-order valence-corrected chi connectivity index (χ1v) is 15.8. The quantitative estimate of drug-likeness (QED) is 0.466. The second-order valence-electron chi connectivity index (χ2n) is 15.0. The lowest BCUT2D eigenvalue weighted by atomic mass is 9.44. The molecule has 1 N–H and O–H groups in total. The zero-order chi connectivity index (χ0) is 28.0. The van der Waals surface area contributed by atoms with Gasteiger partial charge in [-0.05, 0) is 103 Å². The number of nitrogens with zero attached hydrogens (tertiary/aromatic N) is 1. The Labute approximate surface area is 239 Å². The molecule has 2 heterocycles. The van der Waals surface area contributed by atoms with Crippen LogP contribution in [0.5, 0.6) is 17.2 Å². The van der Waals surface area contributed by atoms with Gasteiger partial charge in [0.25, 0.3) is 0 Å². The van der Waals surface area contributed by atoms with Crippen molar-refractivity contribution in [3.63, 3.8) is 0 Å². The van der Waals surface area contributed by atoms with Crippen molar-refractivity contribution in [2.24, 2.45) is 34.5 Å². The Kier molecular flexibility index (Phi) is 6.19. The van der Waals surface area contributed by atoms with Gasteiger partial charge in [-0.2, -0.15) is 0 Å². The summed E-state index contributed by atoms with van der Waals surface area (Å²) in [5.74, 6) is 5.18. The standard InChI is InChI=1S/C34H48NO5/c1-33-13-10-22(36)17-21(33)6-7-23-24-8-9-26(34(24,2)14-11-25(23)33)28(37)18-27-30-20(12-15-35(27,3)4)16-29-31(32(30)38-5)40-19-39-29/h9,16,21-25,27,36H,6-8,10-15,17-19H2,1-5H3/q+1/t21-,22+,23-,24-,25-,27+,33-,34-/m0/s1. The fraction of sp³-hybridized carbons (Fsp3) is 0.735. The molecule has 8 atom stereocenters. The number of allylic oxidation sites excluding steroid dienone is 2. The first-order chi connectivity index (χ1) is 19.1. The van der Waals surface area contributed by atoms with Crippen molar-refractivity contribution in [2.45, 2.75) is 90.2 Å². The number of likely N-dealkylation sites (N-methyl/N-ethyl adjacent to an activating group) is 1. The summed E-state index contributed by atoms with van der Waals surface area (Å²) in [6, 6.07) is 2.13. The van der Waals surface area contributed by atoms with Crippen LogP contribution in [-0.2, 0) is 11.2 Å². The van der Waals surface area contributed by atoms with Gasteiger partial charge < -0.3 is 23.8 Å². The summed E-state index contributed by atoms with van der Waals surface area (Å²) in [7, 11) is 6.21. The maximum absolute atomic E-state index is 14.4. The Bertz CT molecular complexity index is 1250. The molecule has 0 radical (unpaired) electrons. The number of carbonyl (C=O) groups excluding carboxylic acids is 1. The van der Waals surface area contributed by atoms with Gasteiger partial charge in [-0.3, -0.25) is 4.79 Å². The van der Waals surface area contributed by atoms with Gasteiger partial charge >= 0.3 is 0 Å². The van der Waals surface area contributed by atoms with Crippen molar-refractivity contribution >= 4 is 5.78 Å². The van der Waals surface area contributed by atoms with Gasteiger partial charge in [0, 0.05) is 6.42 Å². The summed E-state index contributed by atoms with van der Waals surface area (Å²) in [5, 5.41) is 10.4. The Morgan fingerprint density at radius 3 is 2.75 bits per heavy atom. The Hall–Kier alpha value is -2.05. The lowest BCUT2D eigenvalue weighted by Crippen LogP contribution is -2.54. The molecule has 1 aromatic rings. The average molecular weight is 551 g/mol. The van der Waals surface area contributed by atoms with Gasteiger partial charge in [0.15, 0.2) is 17.3 Å². The lowest BCUT2D eigenvalue weighted by molar-refractivity contribution is -0.922. The van der Waals surface area contributed by atoms with Gasteiger partial charge in [-0.25, -0.2) is 0 Å². The molecule has 6 nitrogen and oxygen atoms in total. The predicted octanol–water partition coefficient (Wildman–Crippen LogP) is 6.00. The van der Waals surface area contributed by atoms with Crippen molar-refractivity contribution in [1.29, 1.82) is 0 Å². The minimum Gasteiger partial charge on any atom is -0.492 e. The van der Waals surface area contributed by atoms with E-state index >= 15 is 0 Å². The number of carbonyl (C=O) groups is 1. The molecule has 4 aliphatic carbocycles. The highest BCUT2D eigenvalue weighted by Gasteiger charge is 2.59. The molecule has 0 unspecified atom stereocenters. The van der Waals surface area contributed by atoms with Crippen LogP contribution in [0.15, 0.2) is 17.7 Å². The van der Waals surface area contributed by atoms with Crippen LogP contribution in [0, 0.1) is 34.5 Å². The van der Waals surface area contributed by atoms with E-state index in [1.165, 1.54) is 24.8 Å². The van der Waals surface area contributed by atoms with E-state index in [9.17, 15) is 9.90 Å². The van der Waals surface area contributed by atoms with Gasteiger partial charge in [0.05, 0.1) is 45.8 Å². The first-order valence-electron chi connectivity index (χ1n) is 15.8. The third kappa shape index (κ3) is 3.77. The maximum Gasteiger partial charge on any atom is 0.231 e. The number of methoxy groups -OCH3 is 1. The van der Waals surface area contributed by atoms with Crippen LogP contribution in [0.1, 0.15) is 88.8 Å². The molecule has 0 saturated heterocycles. The number of hydrogen-bond acceptors (Lipinski definition) is 5. The monoisotopic (exact) mass is 550 g/mol. The average Bonchev–Trinajstić information content (AvgIpc) is 3.53. The molecule has 0 amide bonds. The van der Waals surface area contributed by atoms with E-state index in [2.05, 4.69) is 40.1 Å². The van der Waals surface area contributed by atoms with E-state index in [4.69, 9.17) is 14.2 Å². The Morgan fingerprint density at radius 2 is 1.95 bits per heavy atom. The van der Waals surface area contributed by atoms with Crippen molar-refractivity contribution in [3.05, 3.63) is 28.8 Å². The number of benzene rings is 1. The van der Waals surface area contributed by atoms with Gasteiger partial charge in [0.2, 0.25) is 12.5 Å². The number of ketones is 1. The molecule has 0 spiro atoms. The second kappa shape index (κ2) is 9.22. The fourth-order valence-corrected chi connectivity index (χ4v) is 10.6. The predicted molar refractivity (Wildman–Crippen MR) is 153 cm³/mol. The first kappa shape index (κ1) is 26.8. The van der Waals surface area contributed by atoms with Crippen molar-refractivity contribution < 1.29 is 28.6 Å². The molecular weight excluding hydrogens is 502 g/mol. The zero-order valence-corrected chi connectivity index (χ0v) is 25.1. The van der Waals surface area contributed by atoms with E-state index in [-0.39, 0.29) is 24.4 Å². The summed E-state index contributed by atoms with van der Waals surface area (Å²) >= 11 is 0. The maximum atomic E-state index is 14.4. The number of aliphatic hydroxyl groups is 1. The number of hydrogen-bond donors (Lipinski definition) is 1. The second-order valence-corrected chi connectivity index (χ2v) is 15.0. The number of rotatable bonds is 4. The molecule has 2 aliphatic heterocycles. The van der Waals surface area contributed by atoms with E-state index in [0.717, 1.165) is 78.1 Å². The van der Waals surface area contributed by atoms with E-state index in [1.807, 2.05) is 0 Å². The summed E-state index contributed by atoms with van der Waals surface area (Å²) in [5.41, 5.74) is 3.79. The Balaban J connectivity index is 1.16. The number of aliphatic hydroxyl groups excluding tert-OH is 1. The highest BCUT2D eigenvalue weighted by Crippen LogP contribution is 2.66. The van der Waals surface area contributed by atoms with Gasteiger partial charge in [0.1, 0.15) is 6.04 Å². The smallest absolute Gasteiger partial charge is 0.231 e. The van der Waals surface area contributed by atoms with Crippen LogP contribution in [0.25, 0.3) is 0 Å². The van der Waals surface area contributed by atoms with Crippen LogP contribution in [0.4, 0.5) is 0 Å². The SMILES string of the molecule is COc1c2c(cc3c1[C@@H](CC(=O)C1=CC[C@H]4[C@@H]5CC[C@H]6C[C@H](O)CC[C@]6(C)[C@H]5CC[C@]14C)[N+](C)(C)CC3)OCO2. The topological polar surface area (TPSA) is 65.0 Å². The third-order valence-corrected chi connectivity index (χ3v) is 13.0. The minimum absolute atomic E-state index is 0.0172. The summed E-state index contributed by atoms with van der Waals surface area (Å²) < 4.78 is 18.3. The lowest BCUT2D eigenvalue weighted by Gasteiger charge is -2.60. The molecule has 6 aliphatic rings. The summed E-state index contributed by atoms with van der Waals surface area (Å²) in [6.45, 7) is 6.14. The van der Waals surface area contributed by atoms with Crippen LogP contribution >= 0.6 is 0 Å². The molecule has 218 valence electrons. The molecule has 6 heteroatoms. The molecular formula is C34H48NO5+. The summed E-state index contributed by atoms with van der Waals surface area (Å²) in [4.78, 5) is 14.4. The van der Waals surface area contributed by atoms with Crippen molar-refractivity contribution in [3.8, 4) is 17.2 Å². The molecule has 3 saturated carbocycles.